The fraction of sp³-hybridized carbons (Fsp3) is 0.571. The maximum absolute atomic E-state index is 13.6. The van der Waals surface area contributed by atoms with Crippen LogP contribution in [0.15, 0.2) is 24.3 Å². The molecule has 0 radical (unpaired) electrons. The summed E-state index contributed by atoms with van der Waals surface area (Å²) in [5.41, 5.74) is 0.348. The largest absolute Gasteiger partial charge is 0.396 e. The van der Waals surface area contributed by atoms with Crippen molar-refractivity contribution in [3.8, 4) is 0 Å². The quantitative estimate of drug-likeness (QED) is 0.828. The van der Waals surface area contributed by atoms with Gasteiger partial charge in [-0.25, -0.2) is 4.39 Å². The molecule has 1 N–H and O–H groups in total. The molecule has 0 saturated heterocycles. The summed E-state index contributed by atoms with van der Waals surface area (Å²) in [6.07, 6.45) is 1.49. The second kappa shape index (κ2) is 6.12. The van der Waals surface area contributed by atoms with Crippen molar-refractivity contribution >= 4 is 0 Å². The van der Waals surface area contributed by atoms with E-state index in [1.54, 1.807) is 25.3 Å². The van der Waals surface area contributed by atoms with E-state index in [0.717, 1.165) is 6.42 Å². The summed E-state index contributed by atoms with van der Waals surface area (Å²) in [4.78, 5) is 0. The van der Waals surface area contributed by atoms with Gasteiger partial charge in [0.15, 0.2) is 0 Å². The number of halogens is 1. The van der Waals surface area contributed by atoms with Crippen molar-refractivity contribution in [2.75, 3.05) is 13.7 Å². The molecule has 3 heteroatoms. The summed E-state index contributed by atoms with van der Waals surface area (Å²) in [6, 6.07) is 6.62. The van der Waals surface area contributed by atoms with Gasteiger partial charge in [-0.1, -0.05) is 18.2 Å². The predicted molar refractivity (Wildman–Crippen MR) is 66.5 cm³/mol. The van der Waals surface area contributed by atoms with Gasteiger partial charge in [-0.05, 0) is 38.3 Å². The molecule has 0 fully saturated rings. The molecule has 0 aromatic heterocycles. The minimum absolute atomic E-state index is 0.0409. The molecule has 17 heavy (non-hydrogen) atoms. The van der Waals surface area contributed by atoms with Gasteiger partial charge in [0.1, 0.15) is 5.82 Å². The van der Waals surface area contributed by atoms with Crippen LogP contribution >= 0.6 is 0 Å². The number of hydrogen-bond acceptors (Lipinski definition) is 2. The minimum Gasteiger partial charge on any atom is -0.396 e. The van der Waals surface area contributed by atoms with Gasteiger partial charge >= 0.3 is 0 Å². The van der Waals surface area contributed by atoms with Crippen molar-refractivity contribution in [3.63, 3.8) is 0 Å². The number of aliphatic hydroxyl groups excluding tert-OH is 1. The van der Waals surface area contributed by atoms with Crippen LogP contribution in [0.4, 0.5) is 4.39 Å². The van der Waals surface area contributed by atoms with Gasteiger partial charge in [-0.2, -0.15) is 0 Å². The van der Waals surface area contributed by atoms with Crippen LogP contribution in [-0.4, -0.2) is 24.4 Å². The highest BCUT2D eigenvalue weighted by Crippen LogP contribution is 2.27. The lowest BCUT2D eigenvalue weighted by molar-refractivity contribution is 0.0110. The van der Waals surface area contributed by atoms with Gasteiger partial charge < -0.3 is 9.84 Å². The topological polar surface area (TPSA) is 29.5 Å². The van der Waals surface area contributed by atoms with E-state index in [1.165, 1.54) is 6.07 Å². The zero-order chi connectivity index (χ0) is 12.9. The van der Waals surface area contributed by atoms with E-state index in [-0.39, 0.29) is 23.9 Å². The highest BCUT2D eigenvalue weighted by molar-refractivity contribution is 5.21. The molecule has 1 unspecified atom stereocenters. The Morgan fingerprint density at radius 3 is 2.53 bits per heavy atom. The molecular weight excluding hydrogens is 219 g/mol. The van der Waals surface area contributed by atoms with Crippen LogP contribution in [0.3, 0.4) is 0 Å². The Bertz CT molecular complexity index is 350. The summed E-state index contributed by atoms with van der Waals surface area (Å²) < 4.78 is 18.9. The Hall–Kier alpha value is -0.930. The van der Waals surface area contributed by atoms with Crippen LogP contribution < -0.4 is 0 Å². The van der Waals surface area contributed by atoms with Crippen molar-refractivity contribution in [1.82, 2.24) is 0 Å². The summed E-state index contributed by atoms with van der Waals surface area (Å²) in [6.45, 7) is 3.94. The first-order chi connectivity index (χ1) is 8.00. The maximum atomic E-state index is 13.6. The molecule has 2 nitrogen and oxygen atoms in total. The number of benzene rings is 1. The first-order valence-electron chi connectivity index (χ1n) is 5.90. The Balaban J connectivity index is 2.70. The summed E-state index contributed by atoms with van der Waals surface area (Å²) in [7, 11) is 1.66. The Morgan fingerprint density at radius 2 is 2.00 bits per heavy atom. The van der Waals surface area contributed by atoms with E-state index in [2.05, 4.69) is 0 Å². The number of rotatable bonds is 6. The summed E-state index contributed by atoms with van der Waals surface area (Å²) in [5.74, 6) is -0.410. The normalized spacial score (nSPS) is 13.7. The summed E-state index contributed by atoms with van der Waals surface area (Å²) >= 11 is 0. The molecule has 0 bridgehead atoms. The third-order valence-corrected chi connectivity index (χ3v) is 3.21. The van der Waals surface area contributed by atoms with Crippen LogP contribution in [0.25, 0.3) is 0 Å². The maximum Gasteiger partial charge on any atom is 0.126 e. The van der Waals surface area contributed by atoms with Gasteiger partial charge in [-0.15, -0.1) is 0 Å². The molecule has 0 aliphatic heterocycles. The van der Waals surface area contributed by atoms with Gasteiger partial charge in [0.2, 0.25) is 0 Å². The molecule has 0 amide bonds. The first kappa shape index (κ1) is 14.1. The van der Waals surface area contributed by atoms with E-state index < -0.39 is 0 Å². The van der Waals surface area contributed by atoms with E-state index in [4.69, 9.17) is 4.74 Å². The molecule has 0 aliphatic rings. The van der Waals surface area contributed by atoms with Crippen molar-refractivity contribution in [2.45, 2.75) is 38.2 Å². The Morgan fingerprint density at radius 1 is 1.35 bits per heavy atom. The number of aliphatic hydroxyl groups is 1. The fourth-order valence-corrected chi connectivity index (χ4v) is 1.78. The second-order valence-electron chi connectivity index (χ2n) is 4.90. The van der Waals surface area contributed by atoms with Crippen LogP contribution in [0.1, 0.15) is 38.2 Å². The van der Waals surface area contributed by atoms with Crippen molar-refractivity contribution in [3.05, 3.63) is 35.6 Å². The summed E-state index contributed by atoms with van der Waals surface area (Å²) in [5, 5.41) is 9.37. The average molecular weight is 240 g/mol. The zero-order valence-electron chi connectivity index (χ0n) is 10.7. The molecule has 0 aliphatic carbocycles. The molecule has 96 valence electrons. The van der Waals surface area contributed by atoms with E-state index in [0.29, 0.717) is 12.0 Å². The van der Waals surface area contributed by atoms with E-state index in [1.807, 2.05) is 13.8 Å². The van der Waals surface area contributed by atoms with Crippen LogP contribution in [-0.2, 0) is 4.74 Å². The smallest absolute Gasteiger partial charge is 0.126 e. The molecule has 0 saturated carbocycles. The third-order valence-electron chi connectivity index (χ3n) is 3.21. The lowest BCUT2D eigenvalue weighted by atomic mass is 9.90. The van der Waals surface area contributed by atoms with Crippen LogP contribution in [0, 0.1) is 5.82 Å². The van der Waals surface area contributed by atoms with Crippen molar-refractivity contribution < 1.29 is 14.2 Å². The Labute approximate surface area is 102 Å². The van der Waals surface area contributed by atoms with E-state index >= 15 is 0 Å². The number of ether oxygens (including phenoxy) is 1. The van der Waals surface area contributed by atoms with Crippen LogP contribution in [0.2, 0.25) is 0 Å². The number of methoxy groups -OCH3 is 1. The molecule has 1 aromatic carbocycles. The highest BCUT2D eigenvalue weighted by Gasteiger charge is 2.21. The fourth-order valence-electron chi connectivity index (χ4n) is 1.78. The lowest BCUT2D eigenvalue weighted by Crippen LogP contribution is -2.23. The monoisotopic (exact) mass is 240 g/mol. The Kier molecular flexibility index (Phi) is 5.09. The standard InChI is InChI=1S/C14H21FO2/c1-14(2,17-3)9-8-11(10-16)12-6-4-5-7-13(12)15/h4-7,11,16H,8-10H2,1-3H3. The lowest BCUT2D eigenvalue weighted by Gasteiger charge is -2.25. The SMILES string of the molecule is COC(C)(C)CCC(CO)c1ccccc1F. The van der Waals surface area contributed by atoms with Crippen LogP contribution in [0.5, 0.6) is 0 Å². The molecule has 0 spiro atoms. The highest BCUT2D eigenvalue weighted by atomic mass is 19.1. The van der Waals surface area contributed by atoms with Crippen molar-refractivity contribution in [2.24, 2.45) is 0 Å². The average Bonchev–Trinajstić information content (AvgIpc) is 2.32. The van der Waals surface area contributed by atoms with Gasteiger partial charge in [0, 0.05) is 13.0 Å². The molecule has 0 heterocycles. The predicted octanol–water partition coefficient (Wildman–Crippen LogP) is 3.11. The molecule has 1 rings (SSSR count). The second-order valence-corrected chi connectivity index (χ2v) is 4.90. The zero-order valence-corrected chi connectivity index (χ0v) is 10.7. The number of hydrogen-bond donors (Lipinski definition) is 1. The molecule has 1 atom stereocenters. The van der Waals surface area contributed by atoms with Crippen molar-refractivity contribution in [1.29, 1.82) is 0 Å². The minimum atomic E-state index is -0.248. The molecule has 1 aromatic rings. The van der Waals surface area contributed by atoms with Gasteiger partial charge in [0.05, 0.1) is 12.2 Å². The van der Waals surface area contributed by atoms with Gasteiger partial charge in [-0.3, -0.25) is 0 Å². The third kappa shape index (κ3) is 4.10. The van der Waals surface area contributed by atoms with E-state index in [9.17, 15) is 9.50 Å². The first-order valence-corrected chi connectivity index (χ1v) is 5.90. The molecular formula is C14H21FO2. The van der Waals surface area contributed by atoms with Gasteiger partial charge in [0.25, 0.3) is 0 Å².